The summed E-state index contributed by atoms with van der Waals surface area (Å²) in [6.07, 6.45) is 5.53. The highest BCUT2D eigenvalue weighted by molar-refractivity contribution is 6.08. The van der Waals surface area contributed by atoms with E-state index in [1.165, 1.54) is 11.1 Å². The van der Waals surface area contributed by atoms with Crippen LogP contribution in [0.15, 0.2) is 18.2 Å². The van der Waals surface area contributed by atoms with Gasteiger partial charge in [0.05, 0.1) is 0 Å². The van der Waals surface area contributed by atoms with Crippen LogP contribution in [0.25, 0.3) is 0 Å². The van der Waals surface area contributed by atoms with Crippen molar-refractivity contribution in [2.75, 3.05) is 13.2 Å². The molecule has 1 N–H and O–H groups in total. The maximum absolute atomic E-state index is 12.6. The topological polar surface area (TPSA) is 92.8 Å². The standard InChI is InChI=1S/C23H30N2O5/c1-15(2)10-11-23(3)21(28)25(22(29)24-23)13-20(27)30-14-19(26)18-9-8-16-6-4-5-7-17(16)12-18/h8-9,12,15H,4-7,10-11,13-14H2,1-3H3,(H,24,29)/t23-/m0/s1. The number of benzene rings is 1. The lowest BCUT2D eigenvalue weighted by Gasteiger charge is -2.22. The average molecular weight is 415 g/mol. The number of imide groups is 1. The van der Waals surface area contributed by atoms with E-state index in [0.717, 1.165) is 37.0 Å². The monoisotopic (exact) mass is 414 g/mol. The van der Waals surface area contributed by atoms with E-state index in [4.69, 9.17) is 4.74 Å². The van der Waals surface area contributed by atoms with E-state index >= 15 is 0 Å². The highest BCUT2D eigenvalue weighted by Crippen LogP contribution is 2.25. The molecule has 7 heteroatoms. The number of carbonyl (C=O) groups excluding carboxylic acids is 4. The Kier molecular flexibility index (Phi) is 6.58. The molecule has 0 spiro atoms. The fraction of sp³-hybridized carbons (Fsp3) is 0.565. The molecule has 30 heavy (non-hydrogen) atoms. The summed E-state index contributed by atoms with van der Waals surface area (Å²) in [5.74, 6) is -1.13. The predicted octanol–water partition coefficient (Wildman–Crippen LogP) is 3.04. The first-order chi connectivity index (χ1) is 14.2. The third-order valence-corrected chi connectivity index (χ3v) is 5.89. The first kappa shape index (κ1) is 22.0. The molecule has 0 saturated carbocycles. The summed E-state index contributed by atoms with van der Waals surface area (Å²) in [6.45, 7) is 4.84. The Morgan fingerprint density at radius 1 is 1.17 bits per heavy atom. The molecule has 1 saturated heterocycles. The second kappa shape index (κ2) is 8.98. The third kappa shape index (κ3) is 4.89. The zero-order valence-corrected chi connectivity index (χ0v) is 18.0. The van der Waals surface area contributed by atoms with E-state index in [0.29, 0.717) is 17.9 Å². The molecular weight excluding hydrogens is 384 g/mol. The van der Waals surface area contributed by atoms with E-state index in [1.54, 1.807) is 13.0 Å². The molecule has 1 aromatic carbocycles. The lowest BCUT2D eigenvalue weighted by molar-refractivity contribution is -0.146. The van der Waals surface area contributed by atoms with Crippen molar-refractivity contribution in [3.63, 3.8) is 0 Å². The minimum Gasteiger partial charge on any atom is -0.456 e. The van der Waals surface area contributed by atoms with Gasteiger partial charge in [0.2, 0.25) is 0 Å². The first-order valence-electron chi connectivity index (χ1n) is 10.6. The number of nitrogens with one attached hydrogen (secondary N) is 1. The molecule has 1 aromatic rings. The molecule has 1 atom stereocenters. The summed E-state index contributed by atoms with van der Waals surface area (Å²) in [6, 6.07) is 5.00. The molecule has 2 aliphatic rings. The van der Waals surface area contributed by atoms with Gasteiger partial charge in [-0.3, -0.25) is 19.3 Å². The molecule has 3 rings (SSSR count). The number of Topliss-reactive ketones (excluding diaryl/α,β-unsaturated/α-hetero) is 1. The summed E-state index contributed by atoms with van der Waals surface area (Å²) in [4.78, 5) is 50.3. The largest absolute Gasteiger partial charge is 0.456 e. The van der Waals surface area contributed by atoms with Crippen LogP contribution in [-0.2, 0) is 27.2 Å². The van der Waals surface area contributed by atoms with Crippen LogP contribution in [0, 0.1) is 5.92 Å². The summed E-state index contributed by atoms with van der Waals surface area (Å²) in [5.41, 5.74) is 1.95. The van der Waals surface area contributed by atoms with Gasteiger partial charge >= 0.3 is 12.0 Å². The molecule has 0 bridgehead atoms. The van der Waals surface area contributed by atoms with Gasteiger partial charge in [0.15, 0.2) is 12.4 Å². The molecule has 1 aliphatic heterocycles. The van der Waals surface area contributed by atoms with E-state index in [2.05, 4.69) is 5.32 Å². The minimum atomic E-state index is -1.01. The highest BCUT2D eigenvalue weighted by atomic mass is 16.5. The van der Waals surface area contributed by atoms with Crippen LogP contribution in [-0.4, -0.2) is 47.3 Å². The molecule has 1 fully saturated rings. The van der Waals surface area contributed by atoms with Gasteiger partial charge in [0.1, 0.15) is 12.1 Å². The first-order valence-corrected chi connectivity index (χ1v) is 10.6. The van der Waals surface area contributed by atoms with Crippen molar-refractivity contribution >= 4 is 23.7 Å². The number of esters is 1. The van der Waals surface area contributed by atoms with Crippen LogP contribution < -0.4 is 5.32 Å². The number of fused-ring (bicyclic) bond motifs is 1. The van der Waals surface area contributed by atoms with E-state index in [-0.39, 0.29) is 5.78 Å². The van der Waals surface area contributed by atoms with Crippen molar-refractivity contribution in [3.8, 4) is 0 Å². The van der Waals surface area contributed by atoms with E-state index in [9.17, 15) is 19.2 Å². The van der Waals surface area contributed by atoms with E-state index in [1.807, 2.05) is 26.0 Å². The lowest BCUT2D eigenvalue weighted by Crippen LogP contribution is -2.44. The lowest BCUT2D eigenvalue weighted by atomic mass is 9.90. The van der Waals surface area contributed by atoms with Crippen molar-refractivity contribution in [2.24, 2.45) is 5.92 Å². The zero-order valence-electron chi connectivity index (χ0n) is 18.0. The smallest absolute Gasteiger partial charge is 0.326 e. The number of ether oxygens (including phenoxy) is 1. The Balaban J connectivity index is 1.53. The van der Waals surface area contributed by atoms with Gasteiger partial charge in [-0.15, -0.1) is 0 Å². The number of ketones is 1. The summed E-state index contributed by atoms with van der Waals surface area (Å²) >= 11 is 0. The Labute approximate surface area is 177 Å². The van der Waals surface area contributed by atoms with Crippen LogP contribution in [0.2, 0.25) is 0 Å². The molecule has 1 heterocycles. The third-order valence-electron chi connectivity index (χ3n) is 5.89. The minimum absolute atomic E-state index is 0.296. The molecular formula is C23H30N2O5. The number of nitrogens with zero attached hydrogens (tertiary/aromatic N) is 1. The van der Waals surface area contributed by atoms with Crippen molar-refractivity contribution in [3.05, 3.63) is 34.9 Å². The van der Waals surface area contributed by atoms with Crippen LogP contribution in [0.4, 0.5) is 4.79 Å². The summed E-state index contributed by atoms with van der Waals surface area (Å²) in [5, 5.41) is 2.67. The van der Waals surface area contributed by atoms with Crippen molar-refractivity contribution in [1.82, 2.24) is 10.2 Å². The predicted molar refractivity (Wildman–Crippen MR) is 111 cm³/mol. The Hall–Kier alpha value is -2.70. The number of aryl methyl sites for hydroxylation is 2. The normalized spacial score (nSPS) is 20.9. The van der Waals surface area contributed by atoms with Crippen molar-refractivity contribution in [1.29, 1.82) is 0 Å². The number of rotatable bonds is 8. The van der Waals surface area contributed by atoms with Gasteiger partial charge in [-0.2, -0.15) is 0 Å². The maximum Gasteiger partial charge on any atom is 0.326 e. The van der Waals surface area contributed by atoms with Gasteiger partial charge in [-0.1, -0.05) is 26.0 Å². The molecule has 3 amide bonds. The molecule has 1 aliphatic carbocycles. The number of urea groups is 1. The molecule has 0 radical (unpaired) electrons. The number of carbonyl (C=O) groups is 4. The highest BCUT2D eigenvalue weighted by Gasteiger charge is 2.48. The van der Waals surface area contributed by atoms with Crippen LogP contribution in [0.5, 0.6) is 0 Å². The number of amides is 3. The SMILES string of the molecule is CC(C)CC[C@]1(C)NC(=O)N(CC(=O)OCC(=O)c2ccc3c(c2)CCCC3)C1=O. The van der Waals surface area contributed by atoms with E-state index < -0.39 is 36.6 Å². The zero-order chi connectivity index (χ0) is 21.9. The van der Waals surface area contributed by atoms with Gasteiger partial charge in [0.25, 0.3) is 5.91 Å². The van der Waals surface area contributed by atoms with Gasteiger partial charge in [-0.05, 0) is 68.6 Å². The van der Waals surface area contributed by atoms with Crippen LogP contribution in [0.1, 0.15) is 67.9 Å². The number of hydrogen-bond donors (Lipinski definition) is 1. The molecule has 0 unspecified atom stereocenters. The fourth-order valence-corrected chi connectivity index (χ4v) is 3.95. The van der Waals surface area contributed by atoms with Crippen molar-refractivity contribution in [2.45, 2.75) is 64.8 Å². The van der Waals surface area contributed by atoms with Crippen LogP contribution in [0.3, 0.4) is 0 Å². The number of hydrogen-bond acceptors (Lipinski definition) is 5. The second-order valence-corrected chi connectivity index (χ2v) is 8.86. The second-order valence-electron chi connectivity index (χ2n) is 8.86. The summed E-state index contributed by atoms with van der Waals surface area (Å²) in [7, 11) is 0. The maximum atomic E-state index is 12.6. The molecule has 0 aromatic heterocycles. The average Bonchev–Trinajstić information content (AvgIpc) is 2.93. The van der Waals surface area contributed by atoms with Gasteiger partial charge in [-0.25, -0.2) is 4.79 Å². The fourth-order valence-electron chi connectivity index (χ4n) is 3.95. The van der Waals surface area contributed by atoms with Crippen molar-refractivity contribution < 1.29 is 23.9 Å². The van der Waals surface area contributed by atoms with Gasteiger partial charge < -0.3 is 10.1 Å². The molecule has 7 nitrogen and oxygen atoms in total. The molecule has 162 valence electrons. The quantitative estimate of drug-likeness (QED) is 0.401. The Morgan fingerprint density at radius 2 is 1.87 bits per heavy atom. The Morgan fingerprint density at radius 3 is 2.57 bits per heavy atom. The Bertz CT molecular complexity index is 863. The van der Waals surface area contributed by atoms with Gasteiger partial charge in [0, 0.05) is 5.56 Å². The summed E-state index contributed by atoms with van der Waals surface area (Å²) < 4.78 is 5.06. The van der Waals surface area contributed by atoms with Crippen LogP contribution >= 0.6 is 0 Å².